The molecule has 6 nitrogen and oxygen atoms in total. The van der Waals surface area contributed by atoms with E-state index in [1.54, 1.807) is 12.1 Å². The standard InChI is InChI=1S/C21H19N3O3S/c1-12-7-8-14(19(25)22-15-9-10-15)11-16(12)23-21-24-17(18(28-21)20(26)27)13-5-3-2-4-6-13/h2-8,11,15H,9-10H2,1H3,(H,22,25)(H,23,24)(H,26,27). The Bertz CT molecular complexity index is 1040. The molecular weight excluding hydrogens is 374 g/mol. The first kappa shape index (κ1) is 18.2. The van der Waals surface area contributed by atoms with Crippen molar-refractivity contribution in [1.29, 1.82) is 0 Å². The highest BCUT2D eigenvalue weighted by atomic mass is 32.1. The number of carbonyl (C=O) groups excluding carboxylic acids is 1. The van der Waals surface area contributed by atoms with Gasteiger partial charge < -0.3 is 15.7 Å². The fourth-order valence-corrected chi connectivity index (χ4v) is 3.66. The van der Waals surface area contributed by atoms with Crippen molar-refractivity contribution in [2.75, 3.05) is 5.32 Å². The molecule has 7 heteroatoms. The summed E-state index contributed by atoms with van der Waals surface area (Å²) in [5.41, 5.74) is 3.42. The number of hydrogen-bond acceptors (Lipinski definition) is 5. The van der Waals surface area contributed by atoms with Crippen molar-refractivity contribution in [1.82, 2.24) is 10.3 Å². The van der Waals surface area contributed by atoms with Crippen LogP contribution < -0.4 is 10.6 Å². The highest BCUT2D eigenvalue weighted by Gasteiger charge is 2.24. The summed E-state index contributed by atoms with van der Waals surface area (Å²) in [6.07, 6.45) is 2.06. The normalized spacial score (nSPS) is 13.2. The molecule has 3 aromatic rings. The Labute approximate surface area is 166 Å². The zero-order valence-corrected chi connectivity index (χ0v) is 16.0. The van der Waals surface area contributed by atoms with E-state index in [1.807, 2.05) is 43.3 Å². The van der Waals surface area contributed by atoms with Gasteiger partial charge in [-0.2, -0.15) is 0 Å². The maximum atomic E-state index is 12.3. The molecule has 0 saturated heterocycles. The molecule has 1 aliphatic carbocycles. The third kappa shape index (κ3) is 3.89. The monoisotopic (exact) mass is 393 g/mol. The lowest BCUT2D eigenvalue weighted by Crippen LogP contribution is -2.25. The predicted octanol–water partition coefficient (Wildman–Crippen LogP) is 4.45. The number of carboxylic acids is 1. The summed E-state index contributed by atoms with van der Waals surface area (Å²) in [5.74, 6) is -1.11. The molecule has 28 heavy (non-hydrogen) atoms. The van der Waals surface area contributed by atoms with Crippen molar-refractivity contribution in [2.45, 2.75) is 25.8 Å². The first-order chi connectivity index (χ1) is 13.5. The molecule has 1 aromatic heterocycles. The average molecular weight is 393 g/mol. The Morgan fingerprint density at radius 3 is 2.57 bits per heavy atom. The second kappa shape index (κ2) is 7.44. The number of aryl methyl sites for hydroxylation is 1. The molecule has 0 aliphatic heterocycles. The van der Waals surface area contributed by atoms with E-state index in [-0.39, 0.29) is 16.8 Å². The number of anilines is 2. The van der Waals surface area contributed by atoms with Crippen LogP contribution in [0.4, 0.5) is 10.8 Å². The summed E-state index contributed by atoms with van der Waals surface area (Å²) in [6, 6.07) is 15.0. The number of nitrogens with one attached hydrogen (secondary N) is 2. The van der Waals surface area contributed by atoms with E-state index in [2.05, 4.69) is 15.6 Å². The number of hydrogen-bond donors (Lipinski definition) is 3. The SMILES string of the molecule is Cc1ccc(C(=O)NC2CC2)cc1Nc1nc(-c2ccccc2)c(C(=O)O)s1. The van der Waals surface area contributed by atoms with Crippen molar-refractivity contribution >= 4 is 34.0 Å². The third-order valence-corrected chi connectivity index (χ3v) is 5.48. The predicted molar refractivity (Wildman–Crippen MR) is 109 cm³/mol. The molecule has 142 valence electrons. The number of aromatic carboxylic acids is 1. The minimum atomic E-state index is -1.02. The van der Waals surface area contributed by atoms with Gasteiger partial charge in [-0.1, -0.05) is 47.7 Å². The van der Waals surface area contributed by atoms with Crippen molar-refractivity contribution in [3.05, 3.63) is 64.5 Å². The molecule has 0 radical (unpaired) electrons. The van der Waals surface area contributed by atoms with Gasteiger partial charge in [0.25, 0.3) is 5.91 Å². The first-order valence-electron chi connectivity index (χ1n) is 8.99. The lowest BCUT2D eigenvalue weighted by atomic mass is 10.1. The average Bonchev–Trinajstić information content (AvgIpc) is 3.40. The Hall–Kier alpha value is -3.19. The lowest BCUT2D eigenvalue weighted by molar-refractivity contribution is 0.0702. The molecule has 2 aromatic carbocycles. The van der Waals surface area contributed by atoms with E-state index in [4.69, 9.17) is 0 Å². The summed E-state index contributed by atoms with van der Waals surface area (Å²) in [6.45, 7) is 1.93. The van der Waals surface area contributed by atoms with Gasteiger partial charge in [-0.15, -0.1) is 0 Å². The number of amides is 1. The summed E-state index contributed by atoms with van der Waals surface area (Å²) in [4.78, 5) is 28.7. The number of aromatic nitrogens is 1. The van der Waals surface area contributed by atoms with Gasteiger partial charge in [-0.25, -0.2) is 9.78 Å². The fourth-order valence-electron chi connectivity index (χ4n) is 2.82. The number of nitrogens with zero attached hydrogens (tertiary/aromatic N) is 1. The van der Waals surface area contributed by atoms with Crippen LogP contribution in [-0.2, 0) is 0 Å². The first-order valence-corrected chi connectivity index (χ1v) is 9.81. The number of benzene rings is 2. The molecule has 4 rings (SSSR count). The molecule has 1 amide bonds. The second-order valence-corrected chi connectivity index (χ2v) is 7.77. The topological polar surface area (TPSA) is 91.3 Å². The lowest BCUT2D eigenvalue weighted by Gasteiger charge is -2.10. The van der Waals surface area contributed by atoms with Crippen LogP contribution in [-0.4, -0.2) is 28.0 Å². The summed E-state index contributed by atoms with van der Waals surface area (Å²) >= 11 is 1.08. The van der Waals surface area contributed by atoms with Gasteiger partial charge in [0, 0.05) is 22.9 Å². The number of thiazole rings is 1. The van der Waals surface area contributed by atoms with Crippen molar-refractivity contribution < 1.29 is 14.7 Å². The number of rotatable bonds is 6. The quantitative estimate of drug-likeness (QED) is 0.575. The minimum absolute atomic E-state index is 0.0964. The van der Waals surface area contributed by atoms with E-state index in [0.717, 1.165) is 41.0 Å². The summed E-state index contributed by atoms with van der Waals surface area (Å²) in [7, 11) is 0. The summed E-state index contributed by atoms with van der Waals surface area (Å²) < 4.78 is 0. The van der Waals surface area contributed by atoms with Crippen LogP contribution in [0.25, 0.3) is 11.3 Å². The van der Waals surface area contributed by atoms with Crippen LogP contribution in [0.3, 0.4) is 0 Å². The molecule has 3 N–H and O–H groups in total. The Kier molecular flexibility index (Phi) is 4.83. The van der Waals surface area contributed by atoms with Gasteiger partial charge in [0.05, 0.1) is 5.69 Å². The van der Waals surface area contributed by atoms with Crippen LogP contribution >= 0.6 is 11.3 Å². The Morgan fingerprint density at radius 1 is 1.14 bits per heavy atom. The zero-order valence-electron chi connectivity index (χ0n) is 15.2. The van der Waals surface area contributed by atoms with Crippen LogP contribution in [0.1, 0.15) is 38.4 Å². The third-order valence-electron chi connectivity index (χ3n) is 4.52. The van der Waals surface area contributed by atoms with Crippen molar-refractivity contribution in [3.63, 3.8) is 0 Å². The zero-order chi connectivity index (χ0) is 19.7. The van der Waals surface area contributed by atoms with Crippen LogP contribution in [0, 0.1) is 6.92 Å². The summed E-state index contributed by atoms with van der Waals surface area (Å²) in [5, 5.41) is 16.2. The van der Waals surface area contributed by atoms with Gasteiger partial charge >= 0.3 is 5.97 Å². The van der Waals surface area contributed by atoms with E-state index >= 15 is 0 Å². The molecule has 1 fully saturated rings. The molecule has 0 atom stereocenters. The molecule has 1 saturated carbocycles. The van der Waals surface area contributed by atoms with Crippen molar-refractivity contribution in [2.24, 2.45) is 0 Å². The van der Waals surface area contributed by atoms with Crippen molar-refractivity contribution in [3.8, 4) is 11.3 Å². The molecule has 1 aliphatic rings. The largest absolute Gasteiger partial charge is 0.477 e. The van der Waals surface area contributed by atoms with Gasteiger partial charge in [-0.3, -0.25) is 4.79 Å². The van der Waals surface area contributed by atoms with E-state index in [9.17, 15) is 14.7 Å². The smallest absolute Gasteiger partial charge is 0.348 e. The number of carbonyl (C=O) groups is 2. The maximum absolute atomic E-state index is 12.3. The Balaban J connectivity index is 1.64. The number of carboxylic acid groups (broad SMARTS) is 1. The highest BCUT2D eigenvalue weighted by Crippen LogP contribution is 2.33. The molecule has 1 heterocycles. The molecule has 0 bridgehead atoms. The van der Waals surface area contributed by atoms with Gasteiger partial charge in [0.15, 0.2) is 5.13 Å². The van der Waals surface area contributed by atoms with E-state index in [0.29, 0.717) is 16.4 Å². The van der Waals surface area contributed by atoms with Crippen LogP contribution in [0.5, 0.6) is 0 Å². The molecule has 0 spiro atoms. The maximum Gasteiger partial charge on any atom is 0.348 e. The Morgan fingerprint density at radius 2 is 1.89 bits per heavy atom. The molecule has 0 unspecified atom stereocenters. The minimum Gasteiger partial charge on any atom is -0.477 e. The van der Waals surface area contributed by atoms with Gasteiger partial charge in [0.1, 0.15) is 4.88 Å². The second-order valence-electron chi connectivity index (χ2n) is 6.77. The highest BCUT2D eigenvalue weighted by molar-refractivity contribution is 7.18. The molecular formula is C21H19N3O3S. The fraction of sp³-hybridized carbons (Fsp3) is 0.190. The van der Waals surface area contributed by atoms with Crippen LogP contribution in [0.15, 0.2) is 48.5 Å². The van der Waals surface area contributed by atoms with E-state index < -0.39 is 5.97 Å². The van der Waals surface area contributed by atoms with E-state index in [1.165, 1.54) is 0 Å². The van der Waals surface area contributed by atoms with Crippen LogP contribution in [0.2, 0.25) is 0 Å². The van der Waals surface area contributed by atoms with Gasteiger partial charge in [-0.05, 0) is 37.5 Å². The van der Waals surface area contributed by atoms with Gasteiger partial charge in [0.2, 0.25) is 0 Å².